The van der Waals surface area contributed by atoms with E-state index in [2.05, 4.69) is 10.0 Å². The smallest absolute Gasteiger partial charge is 0.251 e. The highest BCUT2D eigenvalue weighted by Crippen LogP contribution is 2.12. The lowest BCUT2D eigenvalue weighted by Crippen LogP contribution is -2.26. The van der Waals surface area contributed by atoms with Crippen molar-refractivity contribution in [2.75, 3.05) is 19.3 Å². The highest BCUT2D eigenvalue weighted by Gasteiger charge is 2.13. The number of carbonyl (C=O) groups excluding carboxylic acids is 1. The number of benzene rings is 1. The van der Waals surface area contributed by atoms with Crippen LogP contribution in [0.25, 0.3) is 0 Å². The van der Waals surface area contributed by atoms with E-state index >= 15 is 0 Å². The third-order valence-corrected chi connectivity index (χ3v) is 5.43. The molecule has 0 aliphatic rings. The van der Waals surface area contributed by atoms with Gasteiger partial charge in [-0.1, -0.05) is 6.07 Å². The third-order valence-electron chi connectivity index (χ3n) is 3.03. The third kappa shape index (κ3) is 5.12. The molecule has 0 aliphatic carbocycles. The summed E-state index contributed by atoms with van der Waals surface area (Å²) in [7, 11) is -2.22. The number of rotatable bonds is 8. The summed E-state index contributed by atoms with van der Waals surface area (Å²) in [6, 6.07) is 9.67. The van der Waals surface area contributed by atoms with Gasteiger partial charge in [0.25, 0.3) is 5.91 Å². The molecule has 124 valence electrons. The van der Waals surface area contributed by atoms with Crippen molar-refractivity contribution in [1.82, 2.24) is 10.0 Å². The van der Waals surface area contributed by atoms with Crippen molar-refractivity contribution in [1.29, 1.82) is 0 Å². The van der Waals surface area contributed by atoms with Crippen LogP contribution in [-0.4, -0.2) is 33.7 Å². The topological polar surface area (TPSA) is 88.4 Å². The van der Waals surface area contributed by atoms with Crippen LogP contribution in [0.3, 0.4) is 0 Å². The van der Waals surface area contributed by atoms with Crippen molar-refractivity contribution in [3.63, 3.8) is 0 Å². The van der Waals surface area contributed by atoms with Crippen molar-refractivity contribution >= 4 is 27.7 Å². The summed E-state index contributed by atoms with van der Waals surface area (Å²) in [5.41, 5.74) is 0.317. The molecule has 0 saturated carbocycles. The van der Waals surface area contributed by atoms with E-state index in [1.54, 1.807) is 30.2 Å². The molecule has 0 spiro atoms. The second-order valence-electron chi connectivity index (χ2n) is 4.62. The number of furan rings is 1. The van der Waals surface area contributed by atoms with Gasteiger partial charge in [0.05, 0.1) is 16.9 Å². The molecule has 2 N–H and O–H groups in total. The molecule has 6 nitrogen and oxygen atoms in total. The van der Waals surface area contributed by atoms with Gasteiger partial charge in [0.15, 0.2) is 0 Å². The molecule has 0 aliphatic heterocycles. The van der Waals surface area contributed by atoms with Crippen molar-refractivity contribution in [3.8, 4) is 0 Å². The first-order valence-corrected chi connectivity index (χ1v) is 9.58. The highest BCUT2D eigenvalue weighted by atomic mass is 32.2. The van der Waals surface area contributed by atoms with Gasteiger partial charge in [-0.2, -0.15) is 11.8 Å². The van der Waals surface area contributed by atoms with Gasteiger partial charge < -0.3 is 9.73 Å². The van der Waals surface area contributed by atoms with Crippen molar-refractivity contribution < 1.29 is 17.6 Å². The van der Waals surface area contributed by atoms with Gasteiger partial charge in [0.2, 0.25) is 10.0 Å². The van der Waals surface area contributed by atoms with Crippen molar-refractivity contribution in [3.05, 3.63) is 54.0 Å². The molecule has 0 atom stereocenters. The van der Waals surface area contributed by atoms with E-state index in [1.165, 1.54) is 19.2 Å². The molecule has 2 rings (SSSR count). The van der Waals surface area contributed by atoms with Crippen LogP contribution in [0.1, 0.15) is 16.1 Å². The van der Waals surface area contributed by atoms with E-state index in [9.17, 15) is 13.2 Å². The van der Waals surface area contributed by atoms with Gasteiger partial charge in [-0.15, -0.1) is 0 Å². The molecule has 2 aromatic rings. The first kappa shape index (κ1) is 17.6. The Morgan fingerprint density at radius 1 is 1.26 bits per heavy atom. The molecule has 0 bridgehead atoms. The molecule has 0 fully saturated rings. The van der Waals surface area contributed by atoms with Crippen LogP contribution in [0.2, 0.25) is 0 Å². The fraction of sp³-hybridized carbons (Fsp3) is 0.267. The molecular weight excluding hydrogens is 336 g/mol. The number of thioether (sulfide) groups is 1. The Bertz CT molecular complexity index is 743. The van der Waals surface area contributed by atoms with Gasteiger partial charge >= 0.3 is 0 Å². The maximum Gasteiger partial charge on any atom is 0.251 e. The van der Waals surface area contributed by atoms with Crippen LogP contribution in [0.15, 0.2) is 52.0 Å². The van der Waals surface area contributed by atoms with E-state index in [4.69, 9.17) is 4.42 Å². The largest absolute Gasteiger partial charge is 0.468 e. The minimum absolute atomic E-state index is 0.0693. The van der Waals surface area contributed by atoms with Crippen LogP contribution in [0.4, 0.5) is 0 Å². The summed E-state index contributed by atoms with van der Waals surface area (Å²) >= 11 is 1.64. The van der Waals surface area contributed by atoms with Crippen molar-refractivity contribution in [2.45, 2.75) is 10.6 Å². The molecule has 8 heteroatoms. The number of carbonyl (C=O) groups is 1. The van der Waals surface area contributed by atoms with Crippen LogP contribution >= 0.6 is 11.8 Å². The van der Waals surface area contributed by atoms with Crippen LogP contribution < -0.4 is 10.0 Å². The van der Waals surface area contributed by atoms with Gasteiger partial charge in [-0.25, -0.2) is 13.1 Å². The number of amides is 1. The average Bonchev–Trinajstić information content (AvgIpc) is 3.08. The molecule has 0 saturated heterocycles. The number of nitrogens with one attached hydrogen (secondary N) is 2. The van der Waals surface area contributed by atoms with Crippen LogP contribution in [-0.2, 0) is 15.8 Å². The molecule has 0 unspecified atom stereocenters. The summed E-state index contributed by atoms with van der Waals surface area (Å²) in [5, 5.41) is 2.77. The Hall–Kier alpha value is -1.77. The second kappa shape index (κ2) is 8.19. The molecule has 1 amide bonds. The quantitative estimate of drug-likeness (QED) is 0.706. The molecule has 1 heterocycles. The summed E-state index contributed by atoms with van der Waals surface area (Å²) in [4.78, 5) is 12.1. The van der Waals surface area contributed by atoms with Crippen molar-refractivity contribution in [2.24, 2.45) is 0 Å². The monoisotopic (exact) mass is 354 g/mol. The SMILES string of the molecule is CNS(=O)(=O)c1cccc(C(=O)NCCSCc2ccco2)c1. The lowest BCUT2D eigenvalue weighted by molar-refractivity contribution is 0.0956. The number of sulfonamides is 1. The minimum atomic E-state index is -3.55. The Kier molecular flexibility index (Phi) is 6.26. The number of hydrogen-bond donors (Lipinski definition) is 2. The highest BCUT2D eigenvalue weighted by molar-refractivity contribution is 7.98. The molecule has 1 aromatic carbocycles. The maximum atomic E-state index is 12.0. The fourth-order valence-corrected chi connectivity index (χ4v) is 3.36. The molecule has 23 heavy (non-hydrogen) atoms. The maximum absolute atomic E-state index is 12.0. The lowest BCUT2D eigenvalue weighted by atomic mass is 10.2. The van der Waals surface area contributed by atoms with E-state index in [0.29, 0.717) is 12.1 Å². The molecule has 1 aromatic heterocycles. The Morgan fingerprint density at radius 2 is 2.09 bits per heavy atom. The lowest BCUT2D eigenvalue weighted by Gasteiger charge is -2.07. The average molecular weight is 354 g/mol. The van der Waals surface area contributed by atoms with Gasteiger partial charge in [0, 0.05) is 17.9 Å². The first-order valence-electron chi connectivity index (χ1n) is 6.95. The van der Waals surface area contributed by atoms with E-state index in [-0.39, 0.29) is 10.8 Å². The Morgan fingerprint density at radius 3 is 2.78 bits per heavy atom. The summed E-state index contributed by atoms with van der Waals surface area (Å²) < 4.78 is 30.9. The molecular formula is C15H18N2O4S2. The second-order valence-corrected chi connectivity index (χ2v) is 7.61. The predicted molar refractivity (Wildman–Crippen MR) is 89.9 cm³/mol. The van der Waals surface area contributed by atoms with E-state index < -0.39 is 10.0 Å². The fourth-order valence-electron chi connectivity index (χ4n) is 1.83. The van der Waals surface area contributed by atoms with Gasteiger partial charge in [-0.05, 0) is 37.4 Å². The van der Waals surface area contributed by atoms with E-state index in [1.807, 2.05) is 12.1 Å². The van der Waals surface area contributed by atoms with Crippen LogP contribution in [0, 0.1) is 0 Å². The zero-order valence-electron chi connectivity index (χ0n) is 12.6. The summed E-state index contributed by atoms with van der Waals surface area (Å²) in [5.74, 6) is 2.09. The summed E-state index contributed by atoms with van der Waals surface area (Å²) in [6.07, 6.45) is 1.63. The van der Waals surface area contributed by atoms with E-state index in [0.717, 1.165) is 17.3 Å². The Balaban J connectivity index is 1.82. The van der Waals surface area contributed by atoms with Gasteiger partial charge in [-0.3, -0.25) is 4.79 Å². The zero-order valence-corrected chi connectivity index (χ0v) is 14.2. The zero-order chi connectivity index (χ0) is 16.7. The van der Waals surface area contributed by atoms with Crippen LogP contribution in [0.5, 0.6) is 0 Å². The Labute approximate surface area is 139 Å². The standard InChI is InChI=1S/C15H18N2O4S2/c1-16-23(19,20)14-6-2-4-12(10-14)15(18)17-7-9-22-11-13-5-3-8-21-13/h2-6,8,10,16H,7,9,11H2,1H3,(H,17,18). The minimum Gasteiger partial charge on any atom is -0.468 e. The summed E-state index contributed by atoms with van der Waals surface area (Å²) in [6.45, 7) is 0.493. The van der Waals surface area contributed by atoms with Gasteiger partial charge in [0.1, 0.15) is 5.76 Å². The first-order chi connectivity index (χ1) is 11.0. The number of hydrogen-bond acceptors (Lipinski definition) is 5. The predicted octanol–water partition coefficient (Wildman–Crippen LogP) is 1.85. The normalized spacial score (nSPS) is 11.3. The molecule has 0 radical (unpaired) electrons.